The molecule has 0 aromatic carbocycles. The third-order valence-corrected chi connectivity index (χ3v) is 6.94. The highest BCUT2D eigenvalue weighted by Gasteiger charge is 2.53. The molecule has 0 radical (unpaired) electrons. The second kappa shape index (κ2) is 4.17. The summed E-state index contributed by atoms with van der Waals surface area (Å²) in [5.41, 5.74) is 1.22. The molecule has 0 unspecified atom stereocenters. The van der Waals surface area contributed by atoms with Crippen LogP contribution >= 0.6 is 27.5 Å². The summed E-state index contributed by atoms with van der Waals surface area (Å²) in [5, 5.41) is 0.582. The van der Waals surface area contributed by atoms with E-state index in [1.54, 1.807) is 0 Å². The summed E-state index contributed by atoms with van der Waals surface area (Å²) in [5.74, 6) is 3.77. The third-order valence-electron chi connectivity index (χ3n) is 5.49. The third kappa shape index (κ3) is 1.88. The molecule has 102 valence electrons. The summed E-state index contributed by atoms with van der Waals surface area (Å²) in [4.78, 5) is 9.41. The Morgan fingerprint density at radius 1 is 1.05 bits per heavy atom. The Kier molecular flexibility index (Phi) is 2.76. The molecule has 4 bridgehead atoms. The van der Waals surface area contributed by atoms with Crippen LogP contribution < -0.4 is 0 Å². The molecule has 1 aromatic heterocycles. The highest BCUT2D eigenvalue weighted by Crippen LogP contribution is 2.60. The first kappa shape index (κ1) is 12.6. The van der Waals surface area contributed by atoms with Gasteiger partial charge in [-0.05, 0) is 79.1 Å². The fraction of sp³-hybridized carbons (Fsp3) is 0.733. The van der Waals surface area contributed by atoms with Crippen molar-refractivity contribution in [3.8, 4) is 0 Å². The Morgan fingerprint density at radius 2 is 1.58 bits per heavy atom. The van der Waals surface area contributed by atoms with Crippen LogP contribution in [0.4, 0.5) is 0 Å². The van der Waals surface area contributed by atoms with E-state index in [0.717, 1.165) is 33.7 Å². The summed E-state index contributed by atoms with van der Waals surface area (Å²) in [6, 6.07) is 0. The van der Waals surface area contributed by atoms with Crippen LogP contribution in [0.3, 0.4) is 0 Å². The van der Waals surface area contributed by atoms with Crippen LogP contribution in [0.1, 0.15) is 50.0 Å². The van der Waals surface area contributed by atoms with Crippen molar-refractivity contribution in [3.05, 3.63) is 21.1 Å². The monoisotopic (exact) mass is 340 g/mol. The number of aromatic nitrogens is 2. The van der Waals surface area contributed by atoms with Crippen LogP contribution in [0.5, 0.6) is 0 Å². The van der Waals surface area contributed by atoms with Crippen molar-refractivity contribution in [1.82, 2.24) is 9.97 Å². The van der Waals surface area contributed by atoms with Crippen molar-refractivity contribution in [2.45, 2.75) is 50.9 Å². The lowest BCUT2D eigenvalue weighted by atomic mass is 9.49. The summed E-state index contributed by atoms with van der Waals surface area (Å²) in [6.45, 7) is 2.02. The minimum Gasteiger partial charge on any atom is -0.236 e. The fourth-order valence-electron chi connectivity index (χ4n) is 5.15. The molecule has 0 N–H and O–H groups in total. The van der Waals surface area contributed by atoms with Gasteiger partial charge in [-0.15, -0.1) is 0 Å². The topological polar surface area (TPSA) is 25.8 Å². The summed E-state index contributed by atoms with van der Waals surface area (Å²) < 4.78 is 0.850. The molecule has 2 nitrogen and oxygen atoms in total. The lowest BCUT2D eigenvalue weighted by molar-refractivity contribution is -0.00948. The minimum atomic E-state index is 0.240. The number of halogens is 2. The normalized spacial score (nSPS) is 39.8. The molecule has 5 rings (SSSR count). The quantitative estimate of drug-likeness (QED) is 0.694. The van der Waals surface area contributed by atoms with Gasteiger partial charge in [0.2, 0.25) is 0 Å². The van der Waals surface area contributed by atoms with Gasteiger partial charge in [-0.2, -0.15) is 0 Å². The van der Waals surface area contributed by atoms with Gasteiger partial charge < -0.3 is 0 Å². The largest absolute Gasteiger partial charge is 0.236 e. The standard InChI is InChI=1S/C15H18BrClN2/c1-8-12(16)13(17)19-14(18-8)15-5-9-2-10(6-15)4-11(3-9)7-15/h9-11H,2-7H2,1H3. The van der Waals surface area contributed by atoms with Gasteiger partial charge in [0.05, 0.1) is 10.2 Å². The smallest absolute Gasteiger partial charge is 0.147 e. The van der Waals surface area contributed by atoms with Crippen LogP contribution in [-0.2, 0) is 5.41 Å². The van der Waals surface area contributed by atoms with E-state index >= 15 is 0 Å². The summed E-state index contributed by atoms with van der Waals surface area (Å²) in [6.07, 6.45) is 8.21. The van der Waals surface area contributed by atoms with Gasteiger partial charge in [-0.25, -0.2) is 9.97 Å². The lowest BCUT2D eigenvalue weighted by Gasteiger charge is -2.56. The molecule has 4 aliphatic rings. The zero-order valence-corrected chi connectivity index (χ0v) is 13.5. The van der Waals surface area contributed by atoms with Gasteiger partial charge in [0, 0.05) is 5.41 Å². The predicted octanol–water partition coefficient (Wildman–Crippen LogP) is 4.67. The average molecular weight is 342 g/mol. The highest BCUT2D eigenvalue weighted by molar-refractivity contribution is 9.10. The summed E-state index contributed by atoms with van der Waals surface area (Å²) >= 11 is 9.73. The van der Waals surface area contributed by atoms with E-state index in [1.807, 2.05) is 6.92 Å². The first-order chi connectivity index (χ1) is 9.06. The SMILES string of the molecule is Cc1nc(C23CC4CC(CC(C4)C2)C3)nc(Cl)c1Br. The van der Waals surface area contributed by atoms with E-state index in [9.17, 15) is 0 Å². The first-order valence-electron chi connectivity index (χ1n) is 7.26. The van der Waals surface area contributed by atoms with Crippen molar-refractivity contribution in [3.63, 3.8) is 0 Å². The summed E-state index contributed by atoms with van der Waals surface area (Å²) in [7, 11) is 0. The Morgan fingerprint density at radius 3 is 2.05 bits per heavy atom. The molecular formula is C15H18BrClN2. The fourth-order valence-corrected chi connectivity index (χ4v) is 5.54. The van der Waals surface area contributed by atoms with Crippen molar-refractivity contribution >= 4 is 27.5 Å². The molecule has 4 saturated carbocycles. The van der Waals surface area contributed by atoms with Gasteiger partial charge in [0.15, 0.2) is 0 Å². The van der Waals surface area contributed by atoms with E-state index in [0.29, 0.717) is 5.15 Å². The number of aryl methyl sites for hydroxylation is 1. The molecule has 0 aliphatic heterocycles. The Balaban J connectivity index is 1.79. The van der Waals surface area contributed by atoms with Crippen LogP contribution in [0.15, 0.2) is 4.47 Å². The molecular weight excluding hydrogens is 324 g/mol. The first-order valence-corrected chi connectivity index (χ1v) is 8.43. The van der Waals surface area contributed by atoms with Gasteiger partial charge in [0.1, 0.15) is 11.0 Å². The maximum Gasteiger partial charge on any atom is 0.147 e. The van der Waals surface area contributed by atoms with Crippen molar-refractivity contribution in [2.24, 2.45) is 17.8 Å². The van der Waals surface area contributed by atoms with Gasteiger partial charge in [0.25, 0.3) is 0 Å². The maximum absolute atomic E-state index is 6.26. The Bertz CT molecular complexity index is 485. The number of nitrogens with zero attached hydrogens (tertiary/aromatic N) is 2. The molecule has 4 heteroatoms. The zero-order valence-electron chi connectivity index (χ0n) is 11.1. The van der Waals surface area contributed by atoms with Crippen molar-refractivity contribution in [1.29, 1.82) is 0 Å². The van der Waals surface area contributed by atoms with E-state index in [4.69, 9.17) is 16.6 Å². The molecule has 0 spiro atoms. The van der Waals surface area contributed by atoms with Crippen molar-refractivity contribution in [2.75, 3.05) is 0 Å². The van der Waals surface area contributed by atoms with E-state index < -0.39 is 0 Å². The second-order valence-corrected chi connectivity index (χ2v) is 8.09. The van der Waals surface area contributed by atoms with Crippen LogP contribution in [0.2, 0.25) is 5.15 Å². The lowest BCUT2D eigenvalue weighted by Crippen LogP contribution is -2.49. The second-order valence-electron chi connectivity index (χ2n) is 6.94. The number of hydrogen-bond acceptors (Lipinski definition) is 2. The molecule has 0 amide bonds. The molecule has 0 atom stereocenters. The Labute approximate surface area is 127 Å². The minimum absolute atomic E-state index is 0.240. The van der Waals surface area contributed by atoms with Crippen molar-refractivity contribution < 1.29 is 0 Å². The maximum atomic E-state index is 6.26. The van der Waals surface area contributed by atoms with Gasteiger partial charge in [-0.3, -0.25) is 0 Å². The van der Waals surface area contributed by atoms with Crippen LogP contribution in [-0.4, -0.2) is 9.97 Å². The number of rotatable bonds is 1. The van der Waals surface area contributed by atoms with E-state index in [-0.39, 0.29) is 5.41 Å². The predicted molar refractivity (Wildman–Crippen MR) is 79.3 cm³/mol. The number of hydrogen-bond donors (Lipinski definition) is 0. The molecule has 0 saturated heterocycles. The highest BCUT2D eigenvalue weighted by atomic mass is 79.9. The molecule has 1 heterocycles. The van der Waals surface area contributed by atoms with Crippen LogP contribution in [0.25, 0.3) is 0 Å². The Hall–Kier alpha value is -0.150. The molecule has 1 aromatic rings. The van der Waals surface area contributed by atoms with Gasteiger partial charge >= 0.3 is 0 Å². The van der Waals surface area contributed by atoms with E-state index in [2.05, 4.69) is 20.9 Å². The van der Waals surface area contributed by atoms with Crippen LogP contribution in [0, 0.1) is 24.7 Å². The molecule has 4 fully saturated rings. The van der Waals surface area contributed by atoms with E-state index in [1.165, 1.54) is 38.5 Å². The average Bonchev–Trinajstić information content (AvgIpc) is 2.33. The zero-order chi connectivity index (χ0) is 13.2. The molecule has 19 heavy (non-hydrogen) atoms. The molecule has 4 aliphatic carbocycles. The van der Waals surface area contributed by atoms with Gasteiger partial charge in [-0.1, -0.05) is 11.6 Å².